The molecule has 1 atom stereocenters. The number of likely N-dealkylation sites (tertiary alicyclic amines) is 1. The van der Waals surface area contributed by atoms with Crippen molar-refractivity contribution >= 4 is 11.8 Å². The average molecular weight is 342 g/mol. The maximum absolute atomic E-state index is 12.1. The number of amides is 1. The number of nitrogens with one attached hydrogen (secondary N) is 1. The van der Waals surface area contributed by atoms with E-state index in [2.05, 4.69) is 34.7 Å². The summed E-state index contributed by atoms with van der Waals surface area (Å²) in [6.07, 6.45) is 4.43. The van der Waals surface area contributed by atoms with Crippen LogP contribution in [0.1, 0.15) is 32.8 Å². The molecule has 2 aromatic rings. The summed E-state index contributed by atoms with van der Waals surface area (Å²) in [7, 11) is 0. The number of rotatable bonds is 4. The number of aromatic nitrogens is 2. The molecule has 0 spiro atoms. The van der Waals surface area contributed by atoms with Gasteiger partial charge in [-0.2, -0.15) is 5.10 Å². The Balaban J connectivity index is 1.50. The molecular weight excluding hydrogens is 316 g/mol. The topological polar surface area (TPSA) is 59.4 Å². The molecule has 25 heavy (non-hydrogen) atoms. The van der Waals surface area contributed by atoms with Crippen LogP contribution in [0, 0.1) is 0 Å². The van der Waals surface area contributed by atoms with E-state index in [0.29, 0.717) is 6.54 Å². The van der Waals surface area contributed by atoms with Gasteiger partial charge in [-0.25, -0.2) is 4.79 Å². The lowest BCUT2D eigenvalue weighted by Gasteiger charge is -2.24. The molecule has 0 radical (unpaired) electrons. The van der Waals surface area contributed by atoms with Crippen LogP contribution in [0.5, 0.6) is 0 Å². The molecule has 3 rings (SSSR count). The van der Waals surface area contributed by atoms with Gasteiger partial charge in [0.25, 0.3) is 0 Å². The van der Waals surface area contributed by atoms with Gasteiger partial charge in [0, 0.05) is 37.2 Å². The van der Waals surface area contributed by atoms with Gasteiger partial charge < -0.3 is 15.0 Å². The molecule has 0 bridgehead atoms. The highest BCUT2D eigenvalue weighted by Gasteiger charge is 2.29. The molecule has 6 nitrogen and oxygen atoms in total. The summed E-state index contributed by atoms with van der Waals surface area (Å²) in [4.78, 5) is 13.9. The summed E-state index contributed by atoms with van der Waals surface area (Å²) in [6.45, 7) is 7.83. The van der Waals surface area contributed by atoms with E-state index in [-0.39, 0.29) is 12.1 Å². The smallest absolute Gasteiger partial charge is 0.410 e. The van der Waals surface area contributed by atoms with E-state index in [4.69, 9.17) is 4.74 Å². The number of benzene rings is 1. The number of anilines is 1. The highest BCUT2D eigenvalue weighted by molar-refractivity contribution is 5.68. The van der Waals surface area contributed by atoms with Crippen LogP contribution in [-0.2, 0) is 11.3 Å². The molecule has 0 saturated carbocycles. The fraction of sp³-hybridized carbons (Fsp3) is 0.474. The van der Waals surface area contributed by atoms with Crippen molar-refractivity contribution in [2.75, 3.05) is 18.4 Å². The first kappa shape index (κ1) is 17.3. The number of ether oxygens (including phenoxy) is 1. The SMILES string of the molecule is CC(C)(C)OC(=O)N1CCC(Nc2ccc(Cn3cccn3)cc2)C1. The van der Waals surface area contributed by atoms with E-state index in [9.17, 15) is 4.79 Å². The second kappa shape index (κ2) is 7.17. The molecule has 2 heterocycles. The van der Waals surface area contributed by atoms with Gasteiger partial charge >= 0.3 is 6.09 Å². The van der Waals surface area contributed by atoms with Gasteiger partial charge in [-0.15, -0.1) is 0 Å². The fourth-order valence-electron chi connectivity index (χ4n) is 2.89. The molecule has 1 saturated heterocycles. The predicted molar refractivity (Wildman–Crippen MR) is 97.6 cm³/mol. The van der Waals surface area contributed by atoms with Crippen molar-refractivity contribution in [3.05, 3.63) is 48.3 Å². The lowest BCUT2D eigenvalue weighted by molar-refractivity contribution is 0.0293. The van der Waals surface area contributed by atoms with E-state index >= 15 is 0 Å². The standard InChI is InChI=1S/C19H26N4O2/c1-19(2,3)25-18(24)22-12-9-17(14-22)21-16-7-5-15(6-8-16)13-23-11-4-10-20-23/h4-8,10-11,17,21H,9,12-14H2,1-3H3. The molecule has 1 N–H and O–H groups in total. The van der Waals surface area contributed by atoms with E-state index in [0.717, 1.165) is 25.2 Å². The lowest BCUT2D eigenvalue weighted by atomic mass is 10.2. The molecule has 1 aromatic heterocycles. The van der Waals surface area contributed by atoms with Gasteiger partial charge in [0.1, 0.15) is 5.60 Å². The van der Waals surface area contributed by atoms with E-state index in [1.807, 2.05) is 37.7 Å². The Morgan fingerprint density at radius 3 is 2.72 bits per heavy atom. The molecule has 0 aliphatic carbocycles. The molecule has 1 amide bonds. The largest absolute Gasteiger partial charge is 0.444 e. The fourth-order valence-corrected chi connectivity index (χ4v) is 2.89. The van der Waals surface area contributed by atoms with Gasteiger partial charge in [0.05, 0.1) is 6.54 Å². The first-order valence-corrected chi connectivity index (χ1v) is 8.70. The normalized spacial score (nSPS) is 17.6. The highest BCUT2D eigenvalue weighted by atomic mass is 16.6. The second-order valence-electron chi connectivity index (χ2n) is 7.46. The van der Waals surface area contributed by atoms with E-state index < -0.39 is 5.60 Å². The van der Waals surface area contributed by atoms with Crippen molar-refractivity contribution in [3.8, 4) is 0 Å². The number of carbonyl (C=O) groups is 1. The Bertz CT molecular complexity index is 689. The molecule has 1 aliphatic rings. The molecule has 6 heteroatoms. The summed E-state index contributed by atoms with van der Waals surface area (Å²) in [6, 6.07) is 10.5. The van der Waals surface area contributed by atoms with Crippen LogP contribution in [0.2, 0.25) is 0 Å². The Labute approximate surface area is 148 Å². The van der Waals surface area contributed by atoms with Gasteiger partial charge in [-0.05, 0) is 51.0 Å². The molecule has 1 unspecified atom stereocenters. The zero-order valence-electron chi connectivity index (χ0n) is 15.1. The Morgan fingerprint density at radius 1 is 1.32 bits per heavy atom. The zero-order chi connectivity index (χ0) is 17.9. The zero-order valence-corrected chi connectivity index (χ0v) is 15.1. The van der Waals surface area contributed by atoms with Gasteiger partial charge in [0.2, 0.25) is 0 Å². The summed E-state index contributed by atoms with van der Waals surface area (Å²) < 4.78 is 7.34. The number of nitrogens with zero attached hydrogens (tertiary/aromatic N) is 3. The lowest BCUT2D eigenvalue weighted by Crippen LogP contribution is -2.36. The quantitative estimate of drug-likeness (QED) is 0.926. The minimum absolute atomic E-state index is 0.230. The van der Waals surface area contributed by atoms with E-state index in [1.54, 1.807) is 11.1 Å². The maximum Gasteiger partial charge on any atom is 0.410 e. The highest BCUT2D eigenvalue weighted by Crippen LogP contribution is 2.19. The van der Waals surface area contributed by atoms with Crippen LogP contribution in [0.25, 0.3) is 0 Å². The number of hydrogen-bond donors (Lipinski definition) is 1. The summed E-state index contributed by atoms with van der Waals surface area (Å²) >= 11 is 0. The Morgan fingerprint density at radius 2 is 2.08 bits per heavy atom. The number of hydrogen-bond acceptors (Lipinski definition) is 4. The van der Waals surface area contributed by atoms with Gasteiger partial charge in [-0.3, -0.25) is 4.68 Å². The third-order valence-corrected chi connectivity index (χ3v) is 4.07. The monoisotopic (exact) mass is 342 g/mol. The Hall–Kier alpha value is -2.50. The van der Waals surface area contributed by atoms with Gasteiger partial charge in [-0.1, -0.05) is 12.1 Å². The second-order valence-corrected chi connectivity index (χ2v) is 7.46. The summed E-state index contributed by atoms with van der Waals surface area (Å²) in [5, 5.41) is 7.72. The maximum atomic E-state index is 12.1. The van der Waals surface area contributed by atoms with Crippen LogP contribution >= 0.6 is 0 Å². The van der Waals surface area contributed by atoms with Crippen molar-refractivity contribution in [1.29, 1.82) is 0 Å². The third kappa shape index (κ3) is 4.98. The molecule has 1 aromatic carbocycles. The van der Waals surface area contributed by atoms with Crippen molar-refractivity contribution in [3.63, 3.8) is 0 Å². The van der Waals surface area contributed by atoms with E-state index in [1.165, 1.54) is 5.56 Å². The van der Waals surface area contributed by atoms with Crippen molar-refractivity contribution in [1.82, 2.24) is 14.7 Å². The van der Waals surface area contributed by atoms with Crippen molar-refractivity contribution in [2.24, 2.45) is 0 Å². The van der Waals surface area contributed by atoms with Crippen LogP contribution in [0.3, 0.4) is 0 Å². The van der Waals surface area contributed by atoms with Crippen molar-refractivity contribution in [2.45, 2.75) is 45.4 Å². The summed E-state index contributed by atoms with van der Waals surface area (Å²) in [5.74, 6) is 0. The molecular formula is C19H26N4O2. The minimum Gasteiger partial charge on any atom is -0.444 e. The molecule has 134 valence electrons. The molecule has 1 aliphatic heterocycles. The third-order valence-electron chi connectivity index (χ3n) is 4.07. The average Bonchev–Trinajstić information content (AvgIpc) is 3.19. The van der Waals surface area contributed by atoms with Gasteiger partial charge in [0.15, 0.2) is 0 Å². The number of carbonyl (C=O) groups excluding carboxylic acids is 1. The predicted octanol–water partition coefficient (Wildman–Crippen LogP) is 3.35. The molecule has 1 fully saturated rings. The van der Waals surface area contributed by atoms with Crippen molar-refractivity contribution < 1.29 is 9.53 Å². The van der Waals surface area contributed by atoms with Crippen LogP contribution in [0.4, 0.5) is 10.5 Å². The Kier molecular flexibility index (Phi) is 4.97. The van der Waals surface area contributed by atoms with Crippen LogP contribution in [0.15, 0.2) is 42.7 Å². The van der Waals surface area contributed by atoms with Crippen LogP contribution in [-0.4, -0.2) is 45.5 Å². The van der Waals surface area contributed by atoms with Crippen LogP contribution < -0.4 is 5.32 Å². The first-order valence-electron chi connectivity index (χ1n) is 8.70. The first-order chi connectivity index (χ1) is 11.9. The minimum atomic E-state index is -0.451. The summed E-state index contributed by atoms with van der Waals surface area (Å²) in [5.41, 5.74) is 1.82.